The van der Waals surface area contributed by atoms with Crippen molar-refractivity contribution in [3.05, 3.63) is 0 Å². The molecule has 2 fully saturated rings. The van der Waals surface area contributed by atoms with Crippen molar-refractivity contribution in [2.24, 2.45) is 0 Å². The van der Waals surface area contributed by atoms with Gasteiger partial charge in [-0.25, -0.2) is 4.57 Å². The highest BCUT2D eigenvalue weighted by molar-refractivity contribution is 8.44. The summed E-state index contributed by atoms with van der Waals surface area (Å²) in [5.41, 5.74) is 0. The molecule has 180 valence electrons. The molecule has 0 amide bonds. The van der Waals surface area contributed by atoms with Gasteiger partial charge in [0.1, 0.15) is 52.3 Å². The van der Waals surface area contributed by atoms with Gasteiger partial charge in [0.15, 0.2) is 0 Å². The Balaban J connectivity index is 1.91. The molecule has 2 N–H and O–H groups in total. The van der Waals surface area contributed by atoms with Gasteiger partial charge in [-0.3, -0.25) is 9.05 Å². The maximum atomic E-state index is 12.9. The molecule has 31 heavy (non-hydrogen) atoms. The van der Waals surface area contributed by atoms with Gasteiger partial charge in [-0.05, 0) is 0 Å². The predicted molar refractivity (Wildman–Crippen MR) is 118 cm³/mol. The molecule has 0 aromatic carbocycles. The van der Waals surface area contributed by atoms with E-state index in [0.717, 1.165) is 0 Å². The van der Waals surface area contributed by atoms with Crippen LogP contribution >= 0.6 is 19.0 Å². The Morgan fingerprint density at radius 1 is 0.935 bits per heavy atom. The van der Waals surface area contributed by atoms with E-state index in [2.05, 4.69) is 12.2 Å². The summed E-state index contributed by atoms with van der Waals surface area (Å²) in [7, 11) is 6.63. The van der Waals surface area contributed by atoms with Crippen LogP contribution in [0.15, 0.2) is 0 Å². The maximum Gasteiger partial charge on any atom is 0.386 e. The van der Waals surface area contributed by atoms with Crippen molar-refractivity contribution < 1.29 is 52.2 Å². The lowest BCUT2D eigenvalue weighted by atomic mass is 9.93. The second kappa shape index (κ2) is 13.3. The van der Waals surface area contributed by atoms with Gasteiger partial charge in [-0.15, -0.1) is 0 Å². The van der Waals surface area contributed by atoms with E-state index in [1.54, 1.807) is 29.9 Å². The minimum absolute atomic E-state index is 0.224. The van der Waals surface area contributed by atoms with Crippen LogP contribution in [0.25, 0.3) is 0 Å². The van der Waals surface area contributed by atoms with E-state index in [9.17, 15) is 14.8 Å². The van der Waals surface area contributed by atoms with Gasteiger partial charge in [0.25, 0.3) is 0 Å². The van der Waals surface area contributed by atoms with Crippen LogP contribution in [0.3, 0.4) is 0 Å². The number of aliphatic hydroxyl groups is 2. The van der Waals surface area contributed by atoms with Crippen LogP contribution < -0.4 is 0 Å². The van der Waals surface area contributed by atoms with E-state index >= 15 is 0 Å². The van der Waals surface area contributed by atoms with Crippen LogP contribution in [0.2, 0.25) is 0 Å². The van der Waals surface area contributed by atoms with Crippen molar-refractivity contribution in [1.82, 2.24) is 0 Å². The van der Waals surface area contributed by atoms with Crippen molar-refractivity contribution >= 4 is 34.7 Å². The molecule has 0 saturated carbocycles. The first kappa shape index (κ1) is 27.6. The molecule has 2 heterocycles. The minimum atomic E-state index is -3.90. The number of methoxy groups -OCH3 is 2. The molecule has 0 aromatic rings. The number of rotatable bonds is 14. The van der Waals surface area contributed by atoms with Gasteiger partial charge in [-0.2, -0.15) is 0 Å². The van der Waals surface area contributed by atoms with Crippen LogP contribution in [0.5, 0.6) is 0 Å². The van der Waals surface area contributed by atoms with Crippen molar-refractivity contribution in [2.45, 2.75) is 48.6 Å². The fourth-order valence-corrected chi connectivity index (χ4v) is 5.08. The Kier molecular flexibility index (Phi) is 11.8. The molecule has 2 aliphatic rings. The zero-order valence-corrected chi connectivity index (χ0v) is 20.1. The Morgan fingerprint density at radius 2 is 1.48 bits per heavy atom. The van der Waals surface area contributed by atoms with Gasteiger partial charge in [0.05, 0.1) is 51.6 Å². The number of aliphatic hydroxyl groups excluding tert-OH is 2. The lowest BCUT2D eigenvalue weighted by Crippen LogP contribution is -2.39. The van der Waals surface area contributed by atoms with Gasteiger partial charge >= 0.3 is 6.80 Å². The zero-order valence-electron chi connectivity index (χ0n) is 18.3. The second-order valence-electron chi connectivity index (χ2n) is 7.42. The topological polar surface area (TPSA) is 131 Å². The standard InChI is InChI=1S/C16H33B2O11PS/c1-22-3-5-24-13-11(20)10(28-15(13)17)8-26-30(21,31)29-12-9(7-19)27-16(18)14(12)25-6-4-23-2/h9-16,19-20H,3-8,17-18H2,1-2H3,(H,21,31)/t9-,10-,11?,12?,13?,14?,15-,16-,30?/m1/s1. The highest BCUT2D eigenvalue weighted by Gasteiger charge is 2.48. The number of hydrogen-bond donors (Lipinski definition) is 3. The number of ether oxygens (including phenoxy) is 6. The van der Waals surface area contributed by atoms with Crippen molar-refractivity contribution in [3.63, 3.8) is 0 Å². The molecule has 5 unspecified atom stereocenters. The monoisotopic (exact) mass is 486 g/mol. The Labute approximate surface area is 189 Å². The minimum Gasteiger partial charge on any atom is -0.394 e. The van der Waals surface area contributed by atoms with Crippen molar-refractivity contribution in [2.75, 3.05) is 53.9 Å². The van der Waals surface area contributed by atoms with E-state index in [1.165, 1.54) is 0 Å². The average molecular weight is 486 g/mol. The van der Waals surface area contributed by atoms with E-state index in [1.807, 2.05) is 0 Å². The van der Waals surface area contributed by atoms with E-state index in [4.69, 9.17) is 37.5 Å². The van der Waals surface area contributed by atoms with Gasteiger partial charge in [0.2, 0.25) is 0 Å². The Morgan fingerprint density at radius 3 is 2.06 bits per heavy atom. The molecule has 9 atom stereocenters. The quantitative estimate of drug-likeness (QED) is 0.105. The molecule has 2 aliphatic heterocycles. The summed E-state index contributed by atoms with van der Waals surface area (Å²) in [4.78, 5) is 0. The van der Waals surface area contributed by atoms with Crippen molar-refractivity contribution in [1.29, 1.82) is 0 Å². The molecular weight excluding hydrogens is 453 g/mol. The van der Waals surface area contributed by atoms with Gasteiger partial charge in [-0.1, -0.05) is 12.2 Å². The lowest BCUT2D eigenvalue weighted by molar-refractivity contribution is -0.0451. The van der Waals surface area contributed by atoms with Crippen LogP contribution in [0.1, 0.15) is 0 Å². The highest BCUT2D eigenvalue weighted by atomic mass is 32.7. The molecule has 2 rings (SSSR count). The largest absolute Gasteiger partial charge is 0.394 e. The molecule has 11 nitrogen and oxygen atoms in total. The first-order valence-electron chi connectivity index (χ1n) is 10.2. The Bertz CT molecular complexity index is 580. The molecule has 0 spiro atoms. The van der Waals surface area contributed by atoms with E-state index < -0.39 is 49.4 Å². The fraction of sp³-hybridized carbons (Fsp3) is 1.00. The van der Waals surface area contributed by atoms with Crippen LogP contribution in [-0.2, 0) is 42.0 Å². The number of thiol groups is 1. The third-order valence-corrected chi connectivity index (χ3v) is 6.76. The molecule has 0 aromatic heterocycles. The van der Waals surface area contributed by atoms with Gasteiger partial charge in [0, 0.05) is 14.2 Å². The summed E-state index contributed by atoms with van der Waals surface area (Å²) >= 11 is 4.05. The molecular formula is C16H33B2O11PS. The van der Waals surface area contributed by atoms with Crippen LogP contribution in [-0.4, -0.2) is 128 Å². The van der Waals surface area contributed by atoms with Gasteiger partial charge < -0.3 is 38.6 Å². The second-order valence-corrected chi connectivity index (χ2v) is 10.3. The smallest absolute Gasteiger partial charge is 0.386 e. The third kappa shape index (κ3) is 7.94. The molecule has 0 radical (unpaired) electrons. The van der Waals surface area contributed by atoms with Crippen LogP contribution in [0, 0.1) is 0 Å². The average Bonchev–Trinajstić information content (AvgIpc) is 3.16. The first-order valence-corrected chi connectivity index (χ1v) is 12.9. The fourth-order valence-electron chi connectivity index (χ4n) is 3.60. The number of hydrogen-bond acceptors (Lipinski definition) is 11. The first-order chi connectivity index (χ1) is 14.7. The third-order valence-electron chi connectivity index (χ3n) is 5.14. The summed E-state index contributed by atoms with van der Waals surface area (Å²) < 4.78 is 56.4. The summed E-state index contributed by atoms with van der Waals surface area (Å²) in [6.45, 7) is -3.15. The maximum absolute atomic E-state index is 12.9. The summed E-state index contributed by atoms with van der Waals surface area (Å²) in [6, 6.07) is -0.791. The molecule has 2 saturated heterocycles. The normalized spacial score (nSPS) is 37.8. The zero-order chi connectivity index (χ0) is 23.0. The summed E-state index contributed by atoms with van der Waals surface area (Å²) in [5.74, 6) is 0. The van der Waals surface area contributed by atoms with E-state index in [-0.39, 0.29) is 25.8 Å². The SMILES string of the molecule is B[C@@H]1O[C@H](COP(=O)(S)OC2C(OCCOC)[C@H](B)O[C@@H]2CO)C(O)C1OCCOC. The predicted octanol–water partition coefficient (Wildman–Crippen LogP) is -2.44. The molecule has 15 heteroatoms. The molecule has 0 aliphatic carbocycles. The van der Waals surface area contributed by atoms with E-state index in [0.29, 0.717) is 19.8 Å². The summed E-state index contributed by atoms with van der Waals surface area (Å²) in [6.07, 6.45) is -4.52. The summed E-state index contributed by atoms with van der Waals surface area (Å²) in [5, 5.41) is 20.1. The highest BCUT2D eigenvalue weighted by Crippen LogP contribution is 2.56. The van der Waals surface area contributed by atoms with Crippen molar-refractivity contribution in [3.8, 4) is 0 Å². The van der Waals surface area contributed by atoms with Crippen LogP contribution in [0.4, 0.5) is 0 Å². The Hall–Kier alpha value is 0.310. The molecule has 0 bridgehead atoms. The lowest BCUT2D eigenvalue weighted by Gasteiger charge is -2.26.